The Labute approximate surface area is 56.2 Å². The Morgan fingerprint density at radius 3 is 2.44 bits per heavy atom. The van der Waals surface area contributed by atoms with Crippen molar-refractivity contribution in [2.45, 2.75) is 20.8 Å². The highest BCUT2D eigenvalue weighted by atomic mass is 16.6. The quantitative estimate of drug-likeness (QED) is 0.419. The third-order valence-corrected chi connectivity index (χ3v) is 0.948. The predicted octanol–water partition coefficient (Wildman–Crippen LogP) is 1.97. The summed E-state index contributed by atoms with van der Waals surface area (Å²) in [5.41, 5.74) is 1.81. The maximum atomic E-state index is 4.78. The van der Waals surface area contributed by atoms with E-state index in [9.17, 15) is 0 Å². The zero-order valence-electron chi connectivity index (χ0n) is 6.27. The second-order valence-corrected chi connectivity index (χ2v) is 1.87. The van der Waals surface area contributed by atoms with Gasteiger partial charge in [0.25, 0.3) is 0 Å². The van der Waals surface area contributed by atoms with E-state index in [1.54, 1.807) is 0 Å². The lowest BCUT2D eigenvalue weighted by molar-refractivity contribution is 0.159. The van der Waals surface area contributed by atoms with Crippen LogP contribution in [0.25, 0.3) is 0 Å². The lowest BCUT2D eigenvalue weighted by Gasteiger charge is -1.96. The molecule has 2 nitrogen and oxygen atoms in total. The molecule has 0 saturated heterocycles. The van der Waals surface area contributed by atoms with Gasteiger partial charge in [0.2, 0.25) is 0 Å². The summed E-state index contributed by atoms with van der Waals surface area (Å²) < 4.78 is 0. The second kappa shape index (κ2) is 4.13. The molecule has 0 N–H and O–H groups in total. The van der Waals surface area contributed by atoms with Gasteiger partial charge in [-0.3, -0.25) is 0 Å². The fourth-order valence-corrected chi connectivity index (χ4v) is 0.239. The zero-order valence-corrected chi connectivity index (χ0v) is 6.27. The first-order valence-corrected chi connectivity index (χ1v) is 3.01. The van der Waals surface area contributed by atoms with Crippen molar-refractivity contribution in [2.24, 2.45) is 5.16 Å². The number of nitrogens with zero attached hydrogens (tertiary/aromatic N) is 1. The van der Waals surface area contributed by atoms with Crippen LogP contribution in [0, 0.1) is 0 Å². The van der Waals surface area contributed by atoms with Gasteiger partial charge in [-0.1, -0.05) is 11.7 Å². The normalized spacial score (nSPS) is 11.2. The third-order valence-electron chi connectivity index (χ3n) is 0.948. The van der Waals surface area contributed by atoms with Crippen molar-refractivity contribution in [1.82, 2.24) is 0 Å². The van der Waals surface area contributed by atoms with Gasteiger partial charge >= 0.3 is 0 Å². The molecule has 0 aliphatic heterocycles. The van der Waals surface area contributed by atoms with Gasteiger partial charge in [-0.25, -0.2) is 0 Å². The van der Waals surface area contributed by atoms with Crippen LogP contribution in [0.15, 0.2) is 17.3 Å². The standard InChI is InChI=1S/C7H13NO/c1-5-9-8-7(4)6(2)3/h2,5H2,1,3-4H3/b8-7-. The van der Waals surface area contributed by atoms with Gasteiger partial charge in [0.1, 0.15) is 6.61 Å². The summed E-state index contributed by atoms with van der Waals surface area (Å²) in [5, 5.41) is 3.76. The molecule has 0 atom stereocenters. The lowest BCUT2D eigenvalue weighted by Crippen LogP contribution is -1.93. The molecule has 0 saturated carbocycles. The van der Waals surface area contributed by atoms with Crippen molar-refractivity contribution < 1.29 is 4.84 Å². The predicted molar refractivity (Wildman–Crippen MR) is 39.5 cm³/mol. The molecule has 0 amide bonds. The summed E-state index contributed by atoms with van der Waals surface area (Å²) in [6, 6.07) is 0. The number of oxime groups is 1. The Morgan fingerprint density at radius 1 is 1.56 bits per heavy atom. The Kier molecular flexibility index (Phi) is 3.76. The molecule has 9 heavy (non-hydrogen) atoms. The molecule has 0 rings (SSSR count). The Hall–Kier alpha value is -0.790. The molecule has 0 bridgehead atoms. The van der Waals surface area contributed by atoms with E-state index < -0.39 is 0 Å². The maximum absolute atomic E-state index is 4.78. The molecule has 0 fully saturated rings. The molecule has 0 aliphatic rings. The van der Waals surface area contributed by atoms with Crippen LogP contribution in [0.4, 0.5) is 0 Å². The van der Waals surface area contributed by atoms with Gasteiger partial charge in [0.05, 0.1) is 5.71 Å². The molecular formula is C7H13NO. The minimum atomic E-state index is 0.616. The molecule has 52 valence electrons. The fourth-order valence-electron chi connectivity index (χ4n) is 0.239. The van der Waals surface area contributed by atoms with E-state index in [1.807, 2.05) is 20.8 Å². The molecule has 0 radical (unpaired) electrons. The summed E-state index contributed by atoms with van der Waals surface area (Å²) in [7, 11) is 0. The Bertz CT molecular complexity index is 127. The monoisotopic (exact) mass is 127 g/mol. The Morgan fingerprint density at radius 2 is 2.11 bits per heavy atom. The van der Waals surface area contributed by atoms with Crippen molar-refractivity contribution in [2.75, 3.05) is 6.61 Å². The van der Waals surface area contributed by atoms with Crippen LogP contribution in [0.2, 0.25) is 0 Å². The number of allylic oxidation sites excluding steroid dienone is 1. The largest absolute Gasteiger partial charge is 0.396 e. The summed E-state index contributed by atoms with van der Waals surface area (Å²) in [6.07, 6.45) is 0. The highest BCUT2D eigenvalue weighted by Gasteiger charge is 1.88. The van der Waals surface area contributed by atoms with Crippen molar-refractivity contribution in [3.8, 4) is 0 Å². The molecule has 0 heterocycles. The third kappa shape index (κ3) is 3.76. The van der Waals surface area contributed by atoms with Crippen LogP contribution >= 0.6 is 0 Å². The molecule has 0 aromatic heterocycles. The molecule has 0 aliphatic carbocycles. The van der Waals surface area contributed by atoms with Gasteiger partial charge in [0.15, 0.2) is 0 Å². The van der Waals surface area contributed by atoms with Gasteiger partial charge in [0, 0.05) is 0 Å². The smallest absolute Gasteiger partial charge is 0.114 e. The summed E-state index contributed by atoms with van der Waals surface area (Å²) in [4.78, 5) is 4.78. The zero-order chi connectivity index (χ0) is 7.28. The van der Waals surface area contributed by atoms with Crippen LogP contribution in [-0.4, -0.2) is 12.3 Å². The van der Waals surface area contributed by atoms with E-state index in [4.69, 9.17) is 4.84 Å². The van der Waals surface area contributed by atoms with Crippen molar-refractivity contribution in [3.63, 3.8) is 0 Å². The van der Waals surface area contributed by atoms with Crippen LogP contribution in [0.1, 0.15) is 20.8 Å². The number of hydrogen-bond acceptors (Lipinski definition) is 2. The average molecular weight is 127 g/mol. The minimum absolute atomic E-state index is 0.616. The number of hydrogen-bond donors (Lipinski definition) is 0. The van der Waals surface area contributed by atoms with Crippen LogP contribution < -0.4 is 0 Å². The topological polar surface area (TPSA) is 21.6 Å². The fraction of sp³-hybridized carbons (Fsp3) is 0.571. The van der Waals surface area contributed by atoms with Crippen LogP contribution in [0.5, 0.6) is 0 Å². The molecular weight excluding hydrogens is 114 g/mol. The van der Waals surface area contributed by atoms with E-state index in [0.717, 1.165) is 11.3 Å². The van der Waals surface area contributed by atoms with E-state index in [2.05, 4.69) is 11.7 Å². The van der Waals surface area contributed by atoms with E-state index in [-0.39, 0.29) is 0 Å². The molecule has 0 aromatic carbocycles. The average Bonchev–Trinajstić information content (AvgIpc) is 1.82. The molecule has 0 unspecified atom stereocenters. The van der Waals surface area contributed by atoms with Crippen molar-refractivity contribution in [3.05, 3.63) is 12.2 Å². The van der Waals surface area contributed by atoms with Gasteiger partial charge in [-0.2, -0.15) is 0 Å². The summed E-state index contributed by atoms with van der Waals surface area (Å²) in [6.45, 7) is 9.98. The summed E-state index contributed by atoms with van der Waals surface area (Å²) in [5.74, 6) is 0. The van der Waals surface area contributed by atoms with Crippen molar-refractivity contribution in [1.29, 1.82) is 0 Å². The van der Waals surface area contributed by atoms with E-state index in [0.29, 0.717) is 6.61 Å². The first-order chi connectivity index (χ1) is 4.18. The molecule has 0 aromatic rings. The van der Waals surface area contributed by atoms with Crippen LogP contribution in [-0.2, 0) is 4.84 Å². The van der Waals surface area contributed by atoms with E-state index in [1.165, 1.54) is 0 Å². The second-order valence-electron chi connectivity index (χ2n) is 1.87. The Balaban J connectivity index is 3.69. The molecule has 0 spiro atoms. The van der Waals surface area contributed by atoms with E-state index >= 15 is 0 Å². The highest BCUT2D eigenvalue weighted by Crippen LogP contribution is 1.91. The minimum Gasteiger partial charge on any atom is -0.396 e. The lowest BCUT2D eigenvalue weighted by atomic mass is 10.2. The first-order valence-electron chi connectivity index (χ1n) is 3.01. The maximum Gasteiger partial charge on any atom is 0.114 e. The number of rotatable bonds is 3. The van der Waals surface area contributed by atoms with Gasteiger partial charge in [-0.15, -0.1) is 0 Å². The first kappa shape index (κ1) is 8.21. The highest BCUT2D eigenvalue weighted by molar-refractivity contribution is 5.96. The molecule has 2 heteroatoms. The van der Waals surface area contributed by atoms with Crippen LogP contribution in [0.3, 0.4) is 0 Å². The van der Waals surface area contributed by atoms with Gasteiger partial charge < -0.3 is 4.84 Å². The van der Waals surface area contributed by atoms with Crippen molar-refractivity contribution >= 4 is 5.71 Å². The summed E-state index contributed by atoms with van der Waals surface area (Å²) >= 11 is 0. The van der Waals surface area contributed by atoms with Gasteiger partial charge in [-0.05, 0) is 26.3 Å². The SMILES string of the molecule is C=C(C)/C(C)=N\OCC.